The predicted molar refractivity (Wildman–Crippen MR) is 86.9 cm³/mol. The van der Waals surface area contributed by atoms with Gasteiger partial charge < -0.3 is 9.64 Å². The molecule has 3 saturated carbocycles. The summed E-state index contributed by atoms with van der Waals surface area (Å²) in [6.07, 6.45) is 4.03. The van der Waals surface area contributed by atoms with E-state index in [0.29, 0.717) is 34.6 Å². The average Bonchev–Trinajstić information content (AvgIpc) is 2.48. The van der Waals surface area contributed by atoms with Gasteiger partial charge in [-0.1, -0.05) is 20.8 Å². The minimum absolute atomic E-state index is 0.0412. The van der Waals surface area contributed by atoms with E-state index in [0.717, 1.165) is 6.42 Å². The molecule has 3 aliphatic carbocycles. The molecule has 0 N–H and O–H groups in total. The Morgan fingerprint density at radius 3 is 2.68 bits per heavy atom. The normalized spacial score (nSPS) is 32.0. The molecular formula is C18H26N2O2. The highest BCUT2D eigenvalue weighted by atomic mass is 16.5. The number of carbonyl (C=O) groups excluding carboxylic acids is 1. The third kappa shape index (κ3) is 2.29. The Morgan fingerprint density at radius 1 is 1.36 bits per heavy atom. The fraction of sp³-hybridized carbons (Fsp3) is 0.667. The smallest absolute Gasteiger partial charge is 0.342 e. The van der Waals surface area contributed by atoms with Crippen molar-refractivity contribution in [2.24, 2.45) is 23.2 Å². The minimum Gasteiger partial charge on any atom is -0.458 e. The first-order valence-corrected chi connectivity index (χ1v) is 8.15. The van der Waals surface area contributed by atoms with Gasteiger partial charge in [0.25, 0.3) is 0 Å². The van der Waals surface area contributed by atoms with Gasteiger partial charge in [-0.3, -0.25) is 0 Å². The van der Waals surface area contributed by atoms with Crippen molar-refractivity contribution in [2.45, 2.75) is 39.7 Å². The molecule has 4 heteroatoms. The first-order chi connectivity index (χ1) is 10.3. The van der Waals surface area contributed by atoms with Crippen LogP contribution < -0.4 is 4.90 Å². The Labute approximate surface area is 132 Å². The van der Waals surface area contributed by atoms with Gasteiger partial charge in [-0.2, -0.15) is 0 Å². The summed E-state index contributed by atoms with van der Waals surface area (Å²) < 4.78 is 5.87. The molecule has 2 bridgehead atoms. The number of hydrogen-bond acceptors (Lipinski definition) is 4. The molecule has 120 valence electrons. The highest BCUT2D eigenvalue weighted by Gasteiger charge is 2.57. The molecule has 4 rings (SSSR count). The van der Waals surface area contributed by atoms with Gasteiger partial charge in [-0.05, 0) is 48.1 Å². The standard InChI is InChI=1S/C18H26N2O2/c1-11-14-9-12(18(14,2)3)10-15(11)22-17(21)13-7-6-8-19-16(13)20(4)5/h6-8,11-12,14-15H,9-10H2,1-5H3/t11-,12+,14+,15-/m0/s1. The van der Waals surface area contributed by atoms with Crippen LogP contribution >= 0.6 is 0 Å². The van der Waals surface area contributed by atoms with Crippen LogP contribution in [-0.4, -0.2) is 31.2 Å². The highest BCUT2D eigenvalue weighted by molar-refractivity contribution is 5.94. The monoisotopic (exact) mass is 302 g/mol. The topological polar surface area (TPSA) is 42.4 Å². The van der Waals surface area contributed by atoms with E-state index in [-0.39, 0.29) is 12.1 Å². The minimum atomic E-state index is -0.243. The maximum absolute atomic E-state index is 12.6. The van der Waals surface area contributed by atoms with Crippen LogP contribution in [0, 0.1) is 23.2 Å². The molecule has 0 unspecified atom stereocenters. The molecule has 1 aromatic heterocycles. The van der Waals surface area contributed by atoms with Crippen molar-refractivity contribution in [3.05, 3.63) is 23.9 Å². The van der Waals surface area contributed by atoms with Crippen molar-refractivity contribution in [3.8, 4) is 0 Å². The second-order valence-electron chi connectivity index (χ2n) is 7.67. The van der Waals surface area contributed by atoms with Crippen LogP contribution in [0.25, 0.3) is 0 Å². The van der Waals surface area contributed by atoms with Crippen LogP contribution in [-0.2, 0) is 4.74 Å². The summed E-state index contributed by atoms with van der Waals surface area (Å²) in [6.45, 7) is 6.94. The number of carbonyl (C=O) groups is 1. The van der Waals surface area contributed by atoms with Gasteiger partial charge in [0.2, 0.25) is 0 Å². The molecule has 1 heterocycles. The lowest BCUT2D eigenvalue weighted by atomic mass is 9.45. The molecule has 1 aromatic rings. The van der Waals surface area contributed by atoms with E-state index in [1.54, 1.807) is 18.3 Å². The van der Waals surface area contributed by atoms with Gasteiger partial charge in [-0.15, -0.1) is 0 Å². The van der Waals surface area contributed by atoms with Crippen LogP contribution in [0.5, 0.6) is 0 Å². The van der Waals surface area contributed by atoms with Crippen LogP contribution in [0.15, 0.2) is 18.3 Å². The lowest BCUT2D eigenvalue weighted by molar-refractivity contribution is -0.156. The molecule has 0 saturated heterocycles. The maximum Gasteiger partial charge on any atom is 0.342 e. The molecule has 0 spiro atoms. The molecule has 3 aliphatic rings. The first-order valence-electron chi connectivity index (χ1n) is 8.15. The quantitative estimate of drug-likeness (QED) is 0.803. The number of fused-ring (bicyclic) bond motifs is 2. The second kappa shape index (κ2) is 5.25. The van der Waals surface area contributed by atoms with Crippen molar-refractivity contribution in [2.75, 3.05) is 19.0 Å². The van der Waals surface area contributed by atoms with Crippen LogP contribution in [0.1, 0.15) is 44.0 Å². The number of rotatable bonds is 3. The first kappa shape index (κ1) is 15.3. The van der Waals surface area contributed by atoms with Crippen molar-refractivity contribution in [1.82, 2.24) is 4.98 Å². The largest absolute Gasteiger partial charge is 0.458 e. The zero-order valence-corrected chi connectivity index (χ0v) is 14.2. The molecule has 3 fully saturated rings. The molecule has 0 aromatic carbocycles. The van der Waals surface area contributed by atoms with Crippen LogP contribution in [0.4, 0.5) is 5.82 Å². The lowest BCUT2D eigenvalue weighted by Gasteiger charge is -2.61. The van der Waals surface area contributed by atoms with Gasteiger partial charge in [0.1, 0.15) is 17.5 Å². The van der Waals surface area contributed by atoms with Crippen molar-refractivity contribution in [3.63, 3.8) is 0 Å². The lowest BCUT2D eigenvalue weighted by Crippen LogP contribution is -2.57. The van der Waals surface area contributed by atoms with Gasteiger partial charge in [-0.25, -0.2) is 9.78 Å². The molecule has 4 nitrogen and oxygen atoms in total. The van der Waals surface area contributed by atoms with E-state index < -0.39 is 0 Å². The van der Waals surface area contributed by atoms with Gasteiger partial charge in [0.05, 0.1) is 0 Å². The van der Waals surface area contributed by atoms with Gasteiger partial charge in [0, 0.05) is 20.3 Å². The Morgan fingerprint density at radius 2 is 2.09 bits per heavy atom. The molecule has 0 amide bonds. The van der Waals surface area contributed by atoms with Crippen LogP contribution in [0.3, 0.4) is 0 Å². The zero-order valence-electron chi connectivity index (χ0n) is 14.2. The van der Waals surface area contributed by atoms with Crippen molar-refractivity contribution in [1.29, 1.82) is 0 Å². The summed E-state index contributed by atoms with van der Waals surface area (Å²) in [5.41, 5.74) is 0.962. The summed E-state index contributed by atoms with van der Waals surface area (Å²) in [6, 6.07) is 3.58. The third-order valence-corrected chi connectivity index (χ3v) is 5.97. The number of nitrogens with zero attached hydrogens (tertiary/aromatic N) is 2. The molecule has 0 radical (unpaired) electrons. The van der Waals surface area contributed by atoms with E-state index >= 15 is 0 Å². The summed E-state index contributed by atoms with van der Waals surface area (Å²) in [5, 5.41) is 0. The second-order valence-corrected chi connectivity index (χ2v) is 7.67. The SMILES string of the molecule is C[C@@H]1[C@@H](OC(=O)c2cccnc2N(C)C)C[C@H]2C[C@H]1C2(C)C. The Hall–Kier alpha value is -1.58. The van der Waals surface area contributed by atoms with E-state index in [9.17, 15) is 4.79 Å². The zero-order chi connectivity index (χ0) is 16.1. The van der Waals surface area contributed by atoms with E-state index in [4.69, 9.17) is 4.74 Å². The average molecular weight is 302 g/mol. The maximum atomic E-state index is 12.6. The molecular weight excluding hydrogens is 276 g/mol. The number of pyridine rings is 1. The van der Waals surface area contributed by atoms with E-state index in [2.05, 4.69) is 25.8 Å². The fourth-order valence-electron chi connectivity index (χ4n) is 4.37. The van der Waals surface area contributed by atoms with Crippen LogP contribution in [0.2, 0.25) is 0 Å². The molecule has 22 heavy (non-hydrogen) atoms. The van der Waals surface area contributed by atoms with Crippen molar-refractivity contribution < 1.29 is 9.53 Å². The molecule has 4 atom stereocenters. The predicted octanol–water partition coefficient (Wildman–Crippen LogP) is 3.38. The summed E-state index contributed by atoms with van der Waals surface area (Å²) in [4.78, 5) is 18.7. The summed E-state index contributed by atoms with van der Waals surface area (Å²) in [5.74, 6) is 2.22. The number of aromatic nitrogens is 1. The summed E-state index contributed by atoms with van der Waals surface area (Å²) in [7, 11) is 3.78. The number of anilines is 1. The number of hydrogen-bond donors (Lipinski definition) is 0. The number of ether oxygens (including phenoxy) is 1. The van der Waals surface area contributed by atoms with E-state index in [1.165, 1.54) is 6.42 Å². The van der Waals surface area contributed by atoms with E-state index in [1.807, 2.05) is 19.0 Å². The Kier molecular flexibility index (Phi) is 3.66. The number of esters is 1. The van der Waals surface area contributed by atoms with Gasteiger partial charge in [0.15, 0.2) is 0 Å². The Balaban J connectivity index is 1.74. The van der Waals surface area contributed by atoms with Crippen molar-refractivity contribution >= 4 is 11.8 Å². The molecule has 0 aliphatic heterocycles. The Bertz CT molecular complexity index is 582. The fourth-order valence-corrected chi connectivity index (χ4v) is 4.37. The summed E-state index contributed by atoms with van der Waals surface area (Å²) >= 11 is 0. The highest BCUT2D eigenvalue weighted by Crippen LogP contribution is 2.61. The van der Waals surface area contributed by atoms with Gasteiger partial charge >= 0.3 is 5.97 Å². The third-order valence-electron chi connectivity index (χ3n) is 5.97.